The van der Waals surface area contributed by atoms with Gasteiger partial charge < -0.3 is 19.9 Å². The highest BCUT2D eigenvalue weighted by atomic mass is 32.1. The SMILES string of the molecule is CCN1CCc2c(sc(-n3cccc3)c2CNC(=O)Nc2ccc(OC)cc2)C1. The number of urea groups is 1. The van der Waals surface area contributed by atoms with Gasteiger partial charge in [-0.25, -0.2) is 4.79 Å². The van der Waals surface area contributed by atoms with E-state index < -0.39 is 0 Å². The van der Waals surface area contributed by atoms with E-state index in [1.807, 2.05) is 47.7 Å². The molecule has 2 amide bonds. The third kappa shape index (κ3) is 4.31. The Morgan fingerprint density at radius 1 is 1.21 bits per heavy atom. The number of fused-ring (bicyclic) bond motifs is 1. The third-order valence-corrected chi connectivity index (χ3v) is 6.56. The number of likely N-dealkylation sites (N-methyl/N-ethyl adjacent to an activating group) is 1. The van der Waals surface area contributed by atoms with Crippen LogP contribution in [-0.2, 0) is 19.5 Å². The first kappa shape index (κ1) is 19.5. The monoisotopic (exact) mass is 410 g/mol. The molecule has 2 N–H and O–H groups in total. The smallest absolute Gasteiger partial charge is 0.319 e. The molecular formula is C22H26N4O2S. The Morgan fingerprint density at radius 3 is 2.66 bits per heavy atom. The van der Waals surface area contributed by atoms with E-state index in [9.17, 15) is 4.79 Å². The van der Waals surface area contributed by atoms with Crippen molar-refractivity contribution in [3.8, 4) is 10.8 Å². The number of anilines is 1. The van der Waals surface area contributed by atoms with Crippen LogP contribution in [0.2, 0.25) is 0 Å². The van der Waals surface area contributed by atoms with E-state index in [2.05, 4.69) is 39.4 Å². The van der Waals surface area contributed by atoms with Crippen molar-refractivity contribution >= 4 is 23.1 Å². The first-order valence-corrected chi connectivity index (χ1v) is 10.7. The summed E-state index contributed by atoms with van der Waals surface area (Å²) in [5.41, 5.74) is 3.36. The molecule has 7 heteroatoms. The molecule has 0 atom stereocenters. The van der Waals surface area contributed by atoms with Crippen LogP contribution in [0.4, 0.5) is 10.5 Å². The average molecular weight is 411 g/mol. The Morgan fingerprint density at radius 2 is 1.97 bits per heavy atom. The lowest BCUT2D eigenvalue weighted by molar-refractivity contribution is 0.251. The van der Waals surface area contributed by atoms with E-state index >= 15 is 0 Å². The molecule has 0 spiro atoms. The number of nitrogens with one attached hydrogen (secondary N) is 2. The van der Waals surface area contributed by atoms with E-state index in [0.29, 0.717) is 6.54 Å². The lowest BCUT2D eigenvalue weighted by Gasteiger charge is -2.25. The lowest BCUT2D eigenvalue weighted by Crippen LogP contribution is -2.31. The molecule has 6 nitrogen and oxygen atoms in total. The summed E-state index contributed by atoms with van der Waals surface area (Å²) in [6, 6.07) is 11.2. The Kier molecular flexibility index (Phi) is 5.87. The second-order valence-electron chi connectivity index (χ2n) is 7.03. The first-order valence-electron chi connectivity index (χ1n) is 9.86. The minimum Gasteiger partial charge on any atom is -0.497 e. The van der Waals surface area contributed by atoms with Gasteiger partial charge in [0, 0.05) is 48.2 Å². The molecule has 0 saturated heterocycles. The molecule has 4 rings (SSSR count). The van der Waals surface area contributed by atoms with Crippen LogP contribution in [0.1, 0.15) is 22.9 Å². The van der Waals surface area contributed by atoms with Crippen molar-refractivity contribution < 1.29 is 9.53 Å². The van der Waals surface area contributed by atoms with Gasteiger partial charge >= 0.3 is 6.03 Å². The quantitative estimate of drug-likeness (QED) is 0.639. The molecule has 0 bridgehead atoms. The zero-order valence-electron chi connectivity index (χ0n) is 16.8. The van der Waals surface area contributed by atoms with Gasteiger partial charge in [0.25, 0.3) is 0 Å². The molecule has 0 fully saturated rings. The molecule has 0 unspecified atom stereocenters. The van der Waals surface area contributed by atoms with Gasteiger partial charge in [0.1, 0.15) is 10.8 Å². The van der Waals surface area contributed by atoms with Crippen LogP contribution in [0.25, 0.3) is 5.00 Å². The van der Waals surface area contributed by atoms with Crippen LogP contribution >= 0.6 is 11.3 Å². The molecule has 3 aromatic rings. The maximum Gasteiger partial charge on any atom is 0.319 e. The Labute approximate surface area is 175 Å². The van der Waals surface area contributed by atoms with Crippen molar-refractivity contribution in [2.24, 2.45) is 0 Å². The van der Waals surface area contributed by atoms with Crippen LogP contribution in [0, 0.1) is 0 Å². The highest BCUT2D eigenvalue weighted by molar-refractivity contribution is 7.14. The molecule has 0 radical (unpaired) electrons. The molecule has 0 saturated carbocycles. The highest BCUT2D eigenvalue weighted by Crippen LogP contribution is 2.35. The zero-order valence-corrected chi connectivity index (χ0v) is 17.6. The zero-order chi connectivity index (χ0) is 20.2. The van der Waals surface area contributed by atoms with Crippen molar-refractivity contribution in [2.75, 3.05) is 25.5 Å². The number of hydrogen-bond acceptors (Lipinski definition) is 4. The van der Waals surface area contributed by atoms with Crippen LogP contribution in [0.3, 0.4) is 0 Å². The number of nitrogens with zero attached hydrogens (tertiary/aromatic N) is 2. The van der Waals surface area contributed by atoms with E-state index in [-0.39, 0.29) is 6.03 Å². The van der Waals surface area contributed by atoms with Gasteiger partial charge in [-0.2, -0.15) is 0 Å². The molecule has 2 aromatic heterocycles. The lowest BCUT2D eigenvalue weighted by atomic mass is 10.0. The molecule has 152 valence electrons. The fourth-order valence-corrected chi connectivity index (χ4v) is 5.03. The summed E-state index contributed by atoms with van der Waals surface area (Å²) in [7, 11) is 1.62. The fraction of sp³-hybridized carbons (Fsp3) is 0.318. The van der Waals surface area contributed by atoms with E-state index in [1.54, 1.807) is 7.11 Å². The minimum atomic E-state index is -0.209. The predicted octanol–water partition coefficient (Wildman–Crippen LogP) is 4.25. The van der Waals surface area contributed by atoms with Crippen LogP contribution in [-0.4, -0.2) is 35.7 Å². The average Bonchev–Trinajstić information content (AvgIpc) is 3.40. The molecular weight excluding hydrogens is 384 g/mol. The maximum atomic E-state index is 12.5. The molecule has 3 heterocycles. The minimum absolute atomic E-state index is 0.209. The summed E-state index contributed by atoms with van der Waals surface area (Å²) < 4.78 is 7.31. The standard InChI is InChI=1S/C22H26N4O2S/c1-3-25-13-10-18-19(21(29-20(18)15-25)26-11-4-5-12-26)14-23-22(27)24-16-6-8-17(28-2)9-7-16/h4-9,11-12H,3,10,13-15H2,1-2H3,(H2,23,24,27). The van der Waals surface area contributed by atoms with E-state index in [0.717, 1.165) is 37.5 Å². The summed E-state index contributed by atoms with van der Waals surface area (Å²) in [6.45, 7) is 5.83. The van der Waals surface area contributed by atoms with Gasteiger partial charge in [-0.3, -0.25) is 4.90 Å². The third-order valence-electron chi connectivity index (χ3n) is 5.28. The summed E-state index contributed by atoms with van der Waals surface area (Å²) in [5, 5.41) is 7.12. The summed E-state index contributed by atoms with van der Waals surface area (Å²) in [4.78, 5) is 16.3. The van der Waals surface area contributed by atoms with Crippen molar-refractivity contribution in [1.82, 2.24) is 14.8 Å². The highest BCUT2D eigenvalue weighted by Gasteiger charge is 2.24. The van der Waals surface area contributed by atoms with Crippen LogP contribution < -0.4 is 15.4 Å². The topological polar surface area (TPSA) is 58.5 Å². The van der Waals surface area contributed by atoms with Crippen molar-refractivity contribution in [3.63, 3.8) is 0 Å². The summed E-state index contributed by atoms with van der Waals surface area (Å²) >= 11 is 1.83. The largest absolute Gasteiger partial charge is 0.497 e. The number of carbonyl (C=O) groups excluding carboxylic acids is 1. The molecule has 0 aliphatic carbocycles. The fourth-order valence-electron chi connectivity index (χ4n) is 3.66. The van der Waals surface area contributed by atoms with Crippen molar-refractivity contribution in [1.29, 1.82) is 0 Å². The molecule has 29 heavy (non-hydrogen) atoms. The number of hydrogen-bond donors (Lipinski definition) is 2. The maximum absolute atomic E-state index is 12.5. The number of methoxy groups -OCH3 is 1. The second kappa shape index (κ2) is 8.71. The summed E-state index contributed by atoms with van der Waals surface area (Å²) in [5.74, 6) is 0.762. The van der Waals surface area contributed by atoms with Gasteiger partial charge in [-0.15, -0.1) is 11.3 Å². The summed E-state index contributed by atoms with van der Waals surface area (Å²) in [6.07, 6.45) is 5.16. The van der Waals surface area contributed by atoms with Crippen LogP contribution in [0.5, 0.6) is 5.75 Å². The van der Waals surface area contributed by atoms with Crippen molar-refractivity contribution in [3.05, 3.63) is 64.8 Å². The molecule has 1 aromatic carbocycles. The number of amides is 2. The number of ether oxygens (including phenoxy) is 1. The number of aromatic nitrogens is 1. The van der Waals surface area contributed by atoms with Gasteiger partial charge in [0.2, 0.25) is 0 Å². The number of benzene rings is 1. The van der Waals surface area contributed by atoms with E-state index in [1.165, 1.54) is 21.0 Å². The number of carbonyl (C=O) groups is 1. The Hall–Kier alpha value is -2.77. The Balaban J connectivity index is 1.50. The second-order valence-corrected chi connectivity index (χ2v) is 8.12. The van der Waals surface area contributed by atoms with Gasteiger partial charge in [-0.1, -0.05) is 6.92 Å². The Bertz CT molecular complexity index is 964. The van der Waals surface area contributed by atoms with Crippen molar-refractivity contribution in [2.45, 2.75) is 26.4 Å². The first-order chi connectivity index (χ1) is 14.2. The number of thiophene rings is 1. The van der Waals surface area contributed by atoms with Gasteiger partial charge in [-0.05, 0) is 54.9 Å². The normalized spacial score (nSPS) is 13.7. The number of rotatable bonds is 6. The van der Waals surface area contributed by atoms with E-state index in [4.69, 9.17) is 4.74 Å². The van der Waals surface area contributed by atoms with Gasteiger partial charge in [0.15, 0.2) is 0 Å². The molecule has 1 aliphatic rings. The predicted molar refractivity (Wildman–Crippen MR) is 117 cm³/mol. The van der Waals surface area contributed by atoms with Gasteiger partial charge in [0.05, 0.1) is 7.11 Å². The molecule has 1 aliphatic heterocycles. The van der Waals surface area contributed by atoms with Crippen LogP contribution in [0.15, 0.2) is 48.8 Å².